The third kappa shape index (κ3) is 2.78. The van der Waals surface area contributed by atoms with Crippen LogP contribution in [-0.2, 0) is 16.0 Å². The van der Waals surface area contributed by atoms with Crippen molar-refractivity contribution >= 4 is 5.91 Å². The third-order valence-corrected chi connectivity index (χ3v) is 6.02. The maximum Gasteiger partial charge on any atom is 0.224 e. The molecule has 23 heavy (non-hydrogen) atoms. The highest BCUT2D eigenvalue weighted by molar-refractivity contribution is 5.79. The van der Waals surface area contributed by atoms with Gasteiger partial charge >= 0.3 is 0 Å². The largest absolute Gasteiger partial charge is 0.377 e. The van der Waals surface area contributed by atoms with Gasteiger partial charge in [0.05, 0.1) is 12.5 Å². The molecule has 0 bridgehead atoms. The molecular weight excluding hydrogens is 293 g/mol. The molecule has 3 aliphatic rings. The first-order valence-electron chi connectivity index (χ1n) is 8.88. The number of amides is 1. The highest BCUT2D eigenvalue weighted by Crippen LogP contribution is 2.51. The first-order valence-corrected chi connectivity index (χ1v) is 8.88. The van der Waals surface area contributed by atoms with E-state index in [0.717, 1.165) is 13.0 Å². The summed E-state index contributed by atoms with van der Waals surface area (Å²) in [6, 6.07) is 6.75. The lowest BCUT2D eigenvalue weighted by molar-refractivity contribution is -0.129. The Hall–Kier alpha value is -1.42. The van der Waals surface area contributed by atoms with Gasteiger partial charge in [0.1, 0.15) is 5.82 Å². The van der Waals surface area contributed by atoms with Crippen LogP contribution in [0.2, 0.25) is 0 Å². The number of rotatable bonds is 4. The van der Waals surface area contributed by atoms with Crippen LogP contribution < -0.4 is 5.32 Å². The molecular formula is C19H24FNO2. The van der Waals surface area contributed by atoms with Crippen LogP contribution in [0.15, 0.2) is 24.3 Å². The topological polar surface area (TPSA) is 38.3 Å². The van der Waals surface area contributed by atoms with Crippen molar-refractivity contribution in [3.63, 3.8) is 0 Å². The summed E-state index contributed by atoms with van der Waals surface area (Å²) >= 11 is 0. The number of fused-ring (bicyclic) bond motifs is 1. The van der Waals surface area contributed by atoms with E-state index in [0.29, 0.717) is 29.4 Å². The van der Waals surface area contributed by atoms with Gasteiger partial charge in [-0.1, -0.05) is 43.9 Å². The summed E-state index contributed by atoms with van der Waals surface area (Å²) < 4.78 is 19.6. The Balaban J connectivity index is 1.42. The molecule has 1 aliphatic heterocycles. The fraction of sp³-hybridized carbons (Fsp3) is 0.632. The molecule has 2 aliphatic carbocycles. The number of hydrogen-bond donors (Lipinski definition) is 1. The number of hydrogen-bond acceptors (Lipinski definition) is 2. The smallest absolute Gasteiger partial charge is 0.224 e. The van der Waals surface area contributed by atoms with E-state index in [1.807, 2.05) is 0 Å². The molecule has 4 heteroatoms. The number of benzene rings is 1. The Morgan fingerprint density at radius 2 is 2.00 bits per heavy atom. The second-order valence-corrected chi connectivity index (χ2v) is 7.27. The molecule has 1 amide bonds. The van der Waals surface area contributed by atoms with Gasteiger partial charge in [-0.05, 0) is 24.0 Å². The summed E-state index contributed by atoms with van der Waals surface area (Å²) in [5.41, 5.74) is 0.473. The van der Waals surface area contributed by atoms with Crippen molar-refractivity contribution in [1.29, 1.82) is 0 Å². The van der Waals surface area contributed by atoms with Gasteiger partial charge in [0.25, 0.3) is 0 Å². The van der Waals surface area contributed by atoms with E-state index < -0.39 is 0 Å². The molecule has 3 fully saturated rings. The van der Waals surface area contributed by atoms with E-state index in [1.54, 1.807) is 18.2 Å². The number of nitrogens with one attached hydrogen (secondary N) is 1. The monoisotopic (exact) mass is 317 g/mol. The fourth-order valence-corrected chi connectivity index (χ4v) is 4.91. The molecule has 124 valence electrons. The van der Waals surface area contributed by atoms with Crippen LogP contribution >= 0.6 is 0 Å². The summed E-state index contributed by atoms with van der Waals surface area (Å²) in [4.78, 5) is 12.4. The van der Waals surface area contributed by atoms with Gasteiger partial charge in [-0.15, -0.1) is 0 Å². The molecule has 4 rings (SSSR count). The van der Waals surface area contributed by atoms with Crippen LogP contribution in [0.1, 0.15) is 37.7 Å². The first kappa shape index (κ1) is 15.1. The lowest BCUT2D eigenvalue weighted by atomic mass is 9.61. The van der Waals surface area contributed by atoms with E-state index in [-0.39, 0.29) is 24.2 Å². The lowest BCUT2D eigenvalue weighted by Crippen LogP contribution is -2.63. The van der Waals surface area contributed by atoms with Gasteiger partial charge in [-0.25, -0.2) is 4.39 Å². The minimum absolute atomic E-state index is 0.0616. The Bertz CT molecular complexity index is 580. The zero-order valence-corrected chi connectivity index (χ0v) is 13.3. The maximum atomic E-state index is 13.7. The van der Waals surface area contributed by atoms with Crippen LogP contribution in [0, 0.1) is 23.6 Å². The first-order chi connectivity index (χ1) is 11.2. The normalized spacial score (nSPS) is 33.3. The summed E-state index contributed by atoms with van der Waals surface area (Å²) in [5.74, 6) is 1.26. The number of ether oxygens (including phenoxy) is 1. The van der Waals surface area contributed by atoms with Crippen molar-refractivity contribution in [2.45, 2.75) is 50.7 Å². The highest BCUT2D eigenvalue weighted by atomic mass is 19.1. The standard InChI is InChI=1S/C19H24FNO2/c20-15-8-4-3-7-13(15)11-16(22)21-18-14-9-10-23-19(14)17(18)12-5-1-2-6-12/h3-4,7-8,12,14,17-19H,1-2,5-6,9-11H2,(H,21,22)/t14-,17+,18+,19-/m0/s1. The Kier molecular flexibility index (Phi) is 4.10. The van der Waals surface area contributed by atoms with E-state index in [1.165, 1.54) is 31.7 Å². The number of halogens is 1. The molecule has 0 radical (unpaired) electrons. The predicted molar refractivity (Wildman–Crippen MR) is 85.3 cm³/mol. The lowest BCUT2D eigenvalue weighted by Gasteiger charge is -2.50. The molecule has 0 spiro atoms. The van der Waals surface area contributed by atoms with Gasteiger partial charge in [-0.2, -0.15) is 0 Å². The molecule has 4 atom stereocenters. The third-order valence-electron chi connectivity index (χ3n) is 6.02. The average molecular weight is 317 g/mol. The molecule has 2 saturated carbocycles. The van der Waals surface area contributed by atoms with Crippen molar-refractivity contribution in [3.8, 4) is 0 Å². The van der Waals surface area contributed by atoms with Gasteiger partial charge < -0.3 is 10.1 Å². The van der Waals surface area contributed by atoms with Crippen LogP contribution in [0.5, 0.6) is 0 Å². The molecule has 1 saturated heterocycles. The van der Waals surface area contributed by atoms with Crippen molar-refractivity contribution in [2.24, 2.45) is 17.8 Å². The van der Waals surface area contributed by atoms with Crippen molar-refractivity contribution in [1.82, 2.24) is 5.32 Å². The quantitative estimate of drug-likeness (QED) is 0.927. The zero-order chi connectivity index (χ0) is 15.8. The zero-order valence-electron chi connectivity index (χ0n) is 13.3. The Morgan fingerprint density at radius 1 is 1.22 bits per heavy atom. The minimum Gasteiger partial charge on any atom is -0.377 e. The van der Waals surface area contributed by atoms with E-state index >= 15 is 0 Å². The molecule has 1 aromatic rings. The summed E-state index contributed by atoms with van der Waals surface area (Å²) in [6.07, 6.45) is 6.63. The summed E-state index contributed by atoms with van der Waals surface area (Å²) in [6.45, 7) is 0.818. The van der Waals surface area contributed by atoms with Crippen molar-refractivity contribution < 1.29 is 13.9 Å². The molecule has 0 unspecified atom stereocenters. The van der Waals surface area contributed by atoms with Crippen molar-refractivity contribution in [2.75, 3.05) is 6.61 Å². The molecule has 1 heterocycles. The van der Waals surface area contributed by atoms with E-state index in [2.05, 4.69) is 5.32 Å². The molecule has 1 N–H and O–H groups in total. The van der Waals surface area contributed by atoms with Gasteiger partial charge in [0.15, 0.2) is 0 Å². The van der Waals surface area contributed by atoms with E-state index in [4.69, 9.17) is 4.74 Å². The molecule has 0 aromatic heterocycles. The number of carbonyl (C=O) groups excluding carboxylic acids is 1. The molecule has 1 aromatic carbocycles. The summed E-state index contributed by atoms with van der Waals surface area (Å²) in [7, 11) is 0. The Labute approximate surface area is 136 Å². The van der Waals surface area contributed by atoms with Crippen LogP contribution in [0.4, 0.5) is 4.39 Å². The van der Waals surface area contributed by atoms with Gasteiger partial charge in [0, 0.05) is 24.5 Å². The highest BCUT2D eigenvalue weighted by Gasteiger charge is 2.56. The predicted octanol–water partition coefficient (Wildman–Crippen LogP) is 3.08. The Morgan fingerprint density at radius 3 is 2.78 bits per heavy atom. The second kappa shape index (κ2) is 6.23. The fourth-order valence-electron chi connectivity index (χ4n) is 4.91. The van der Waals surface area contributed by atoms with E-state index in [9.17, 15) is 9.18 Å². The molecule has 3 nitrogen and oxygen atoms in total. The van der Waals surface area contributed by atoms with Gasteiger partial charge in [0.2, 0.25) is 5.91 Å². The summed E-state index contributed by atoms with van der Waals surface area (Å²) in [5, 5.41) is 3.20. The van der Waals surface area contributed by atoms with Crippen LogP contribution in [0.3, 0.4) is 0 Å². The second-order valence-electron chi connectivity index (χ2n) is 7.27. The SMILES string of the molecule is O=C(Cc1ccccc1F)N[C@@H]1[C@@H]2CCO[C@@H]2[C@@H]1C1CCCC1. The number of carbonyl (C=O) groups is 1. The maximum absolute atomic E-state index is 13.7. The minimum atomic E-state index is -0.300. The van der Waals surface area contributed by atoms with Gasteiger partial charge in [-0.3, -0.25) is 4.79 Å². The van der Waals surface area contributed by atoms with Crippen LogP contribution in [-0.4, -0.2) is 24.7 Å². The van der Waals surface area contributed by atoms with Crippen LogP contribution in [0.25, 0.3) is 0 Å². The average Bonchev–Trinajstić information content (AvgIpc) is 3.18. The van der Waals surface area contributed by atoms with Crippen molar-refractivity contribution in [3.05, 3.63) is 35.6 Å².